The van der Waals surface area contributed by atoms with Gasteiger partial charge in [0.25, 0.3) is 0 Å². The molecule has 5 heteroatoms. The molecule has 1 aliphatic rings. The highest BCUT2D eigenvalue weighted by Gasteiger charge is 2.23. The van der Waals surface area contributed by atoms with Crippen molar-refractivity contribution < 1.29 is 4.79 Å². The molecule has 1 amide bonds. The Morgan fingerprint density at radius 1 is 1.56 bits per heavy atom. The zero-order valence-corrected chi connectivity index (χ0v) is 11.2. The summed E-state index contributed by atoms with van der Waals surface area (Å²) in [5.74, 6) is 0.0851. The van der Waals surface area contributed by atoms with Crippen LogP contribution in [0.25, 0.3) is 0 Å². The van der Waals surface area contributed by atoms with E-state index >= 15 is 0 Å². The second-order valence-corrected chi connectivity index (χ2v) is 5.28. The van der Waals surface area contributed by atoms with E-state index in [0.717, 1.165) is 18.4 Å². The molecule has 1 saturated carbocycles. The van der Waals surface area contributed by atoms with Crippen molar-refractivity contribution in [2.75, 3.05) is 19.3 Å². The van der Waals surface area contributed by atoms with Crippen LogP contribution in [0.1, 0.15) is 18.4 Å². The number of halogens is 1. The first-order valence-corrected chi connectivity index (χ1v) is 6.44. The molecule has 0 radical (unpaired) electrons. The third-order valence-electron chi connectivity index (χ3n) is 2.87. The van der Waals surface area contributed by atoms with Gasteiger partial charge in [-0.1, -0.05) is 17.7 Å². The van der Waals surface area contributed by atoms with Crippen molar-refractivity contribution >= 4 is 23.2 Å². The number of nitrogens with two attached hydrogens (primary N) is 1. The maximum atomic E-state index is 11.6. The van der Waals surface area contributed by atoms with Gasteiger partial charge in [-0.15, -0.1) is 0 Å². The second-order valence-electron chi connectivity index (χ2n) is 4.87. The highest BCUT2D eigenvalue weighted by molar-refractivity contribution is 6.33. The van der Waals surface area contributed by atoms with Gasteiger partial charge < -0.3 is 11.1 Å². The number of nitrogens with one attached hydrogen (secondary N) is 1. The van der Waals surface area contributed by atoms with Crippen LogP contribution >= 0.6 is 11.6 Å². The smallest absolute Gasteiger partial charge is 0.234 e. The lowest BCUT2D eigenvalue weighted by molar-refractivity contribution is -0.122. The Morgan fingerprint density at radius 2 is 2.28 bits per heavy atom. The Labute approximate surface area is 112 Å². The largest absolute Gasteiger partial charge is 0.398 e. The molecule has 0 aliphatic heterocycles. The van der Waals surface area contributed by atoms with Crippen LogP contribution in [0.4, 0.5) is 5.69 Å². The standard InChI is InChI=1S/C13H18ClN3O/c1-17(8-13(18)16-10-3-4-10)7-9-2-5-11(14)12(15)6-9/h2,5-6,10H,3-4,7-8,15H2,1H3,(H,16,18). The van der Waals surface area contributed by atoms with E-state index in [1.54, 1.807) is 6.07 Å². The Balaban J connectivity index is 1.83. The first-order chi connectivity index (χ1) is 8.54. The molecule has 18 heavy (non-hydrogen) atoms. The Morgan fingerprint density at radius 3 is 2.89 bits per heavy atom. The third-order valence-corrected chi connectivity index (χ3v) is 3.21. The van der Waals surface area contributed by atoms with Gasteiger partial charge in [0.15, 0.2) is 0 Å². The number of nitrogens with zero attached hydrogens (tertiary/aromatic N) is 1. The fraction of sp³-hybridized carbons (Fsp3) is 0.462. The summed E-state index contributed by atoms with van der Waals surface area (Å²) < 4.78 is 0. The summed E-state index contributed by atoms with van der Waals surface area (Å²) in [5.41, 5.74) is 7.37. The SMILES string of the molecule is CN(CC(=O)NC1CC1)Cc1ccc(Cl)c(N)c1. The summed E-state index contributed by atoms with van der Waals surface area (Å²) in [4.78, 5) is 13.6. The molecule has 4 nitrogen and oxygen atoms in total. The van der Waals surface area contributed by atoms with Crippen molar-refractivity contribution in [3.05, 3.63) is 28.8 Å². The van der Waals surface area contributed by atoms with Crippen molar-refractivity contribution in [2.45, 2.75) is 25.4 Å². The number of benzene rings is 1. The van der Waals surface area contributed by atoms with Crippen molar-refractivity contribution in [1.82, 2.24) is 10.2 Å². The molecule has 1 aliphatic carbocycles. The van der Waals surface area contributed by atoms with E-state index in [2.05, 4.69) is 5.32 Å². The van der Waals surface area contributed by atoms with Gasteiger partial charge >= 0.3 is 0 Å². The number of hydrogen-bond donors (Lipinski definition) is 2. The van der Waals surface area contributed by atoms with Crippen molar-refractivity contribution in [2.24, 2.45) is 0 Å². The van der Waals surface area contributed by atoms with E-state index in [4.69, 9.17) is 17.3 Å². The zero-order valence-electron chi connectivity index (χ0n) is 10.4. The molecule has 0 bridgehead atoms. The number of rotatable bonds is 5. The summed E-state index contributed by atoms with van der Waals surface area (Å²) in [6.45, 7) is 1.08. The third kappa shape index (κ3) is 3.89. The fourth-order valence-corrected chi connectivity index (χ4v) is 1.92. The van der Waals surface area contributed by atoms with Crippen molar-refractivity contribution in [1.29, 1.82) is 0 Å². The lowest BCUT2D eigenvalue weighted by Crippen LogP contribution is -2.35. The van der Waals surface area contributed by atoms with Gasteiger partial charge in [0.2, 0.25) is 5.91 Å². The van der Waals surface area contributed by atoms with E-state index in [9.17, 15) is 4.79 Å². The Hall–Kier alpha value is -1.26. The molecule has 0 spiro atoms. The number of anilines is 1. The van der Waals surface area contributed by atoms with Gasteiger partial charge in [-0.25, -0.2) is 0 Å². The van der Waals surface area contributed by atoms with Crippen LogP contribution in [0.15, 0.2) is 18.2 Å². The molecule has 2 rings (SSSR count). The Bertz CT molecular complexity index is 446. The molecular formula is C13H18ClN3O. The number of nitrogen functional groups attached to an aromatic ring is 1. The van der Waals surface area contributed by atoms with Gasteiger partial charge in [-0.05, 0) is 37.6 Å². The molecule has 0 unspecified atom stereocenters. The number of likely N-dealkylation sites (N-methyl/N-ethyl adjacent to an activating group) is 1. The predicted molar refractivity (Wildman–Crippen MR) is 73.4 cm³/mol. The van der Waals surface area contributed by atoms with Gasteiger partial charge in [-0.2, -0.15) is 0 Å². The summed E-state index contributed by atoms with van der Waals surface area (Å²) in [6.07, 6.45) is 2.23. The van der Waals surface area contributed by atoms with E-state index in [1.165, 1.54) is 0 Å². The van der Waals surface area contributed by atoms with Crippen LogP contribution in [0.2, 0.25) is 5.02 Å². The van der Waals surface area contributed by atoms with E-state index in [-0.39, 0.29) is 5.91 Å². The maximum Gasteiger partial charge on any atom is 0.234 e. The molecule has 98 valence electrons. The lowest BCUT2D eigenvalue weighted by Gasteiger charge is -2.16. The fourth-order valence-electron chi connectivity index (χ4n) is 1.81. The quantitative estimate of drug-likeness (QED) is 0.798. The van der Waals surface area contributed by atoms with Crippen molar-refractivity contribution in [3.8, 4) is 0 Å². The molecule has 1 fully saturated rings. The summed E-state index contributed by atoms with van der Waals surface area (Å²) in [5, 5.41) is 3.53. The highest BCUT2D eigenvalue weighted by atomic mass is 35.5. The van der Waals surface area contributed by atoms with Crippen LogP contribution in [0, 0.1) is 0 Å². The Kier molecular flexibility index (Phi) is 4.09. The zero-order chi connectivity index (χ0) is 13.1. The van der Waals surface area contributed by atoms with Gasteiger partial charge in [0.05, 0.1) is 17.3 Å². The van der Waals surface area contributed by atoms with Crippen molar-refractivity contribution in [3.63, 3.8) is 0 Å². The molecule has 0 heterocycles. The van der Waals surface area contributed by atoms with Gasteiger partial charge in [-0.3, -0.25) is 9.69 Å². The topological polar surface area (TPSA) is 58.4 Å². The number of hydrogen-bond acceptors (Lipinski definition) is 3. The number of carbonyl (C=O) groups is 1. The summed E-state index contributed by atoms with van der Waals surface area (Å²) >= 11 is 5.86. The van der Waals surface area contributed by atoms with E-state index in [1.807, 2.05) is 24.1 Å². The minimum Gasteiger partial charge on any atom is -0.398 e. The molecule has 0 atom stereocenters. The maximum absolute atomic E-state index is 11.6. The monoisotopic (exact) mass is 267 g/mol. The number of carbonyl (C=O) groups excluding carboxylic acids is 1. The minimum atomic E-state index is 0.0851. The van der Waals surface area contributed by atoms with Crippen LogP contribution in [-0.4, -0.2) is 30.4 Å². The normalized spacial score (nSPS) is 14.8. The first-order valence-electron chi connectivity index (χ1n) is 6.06. The molecule has 3 N–H and O–H groups in total. The van der Waals surface area contributed by atoms with Crippen LogP contribution in [-0.2, 0) is 11.3 Å². The molecular weight excluding hydrogens is 250 g/mol. The highest BCUT2D eigenvalue weighted by Crippen LogP contribution is 2.20. The summed E-state index contributed by atoms with van der Waals surface area (Å²) in [7, 11) is 1.91. The second kappa shape index (κ2) is 5.59. The van der Waals surface area contributed by atoms with Crippen LogP contribution in [0.5, 0.6) is 0 Å². The van der Waals surface area contributed by atoms with Crippen LogP contribution < -0.4 is 11.1 Å². The van der Waals surface area contributed by atoms with E-state index < -0.39 is 0 Å². The van der Waals surface area contributed by atoms with E-state index in [0.29, 0.717) is 29.8 Å². The van der Waals surface area contributed by atoms with Gasteiger partial charge in [0.1, 0.15) is 0 Å². The van der Waals surface area contributed by atoms with Crippen LogP contribution in [0.3, 0.4) is 0 Å². The predicted octanol–water partition coefficient (Wildman–Crippen LogP) is 1.63. The summed E-state index contributed by atoms with van der Waals surface area (Å²) in [6, 6.07) is 5.97. The van der Waals surface area contributed by atoms with Gasteiger partial charge in [0, 0.05) is 12.6 Å². The molecule has 0 saturated heterocycles. The number of amides is 1. The first kappa shape index (κ1) is 13.2. The lowest BCUT2D eigenvalue weighted by atomic mass is 10.2. The average Bonchev–Trinajstić information content (AvgIpc) is 3.07. The molecule has 1 aromatic rings. The minimum absolute atomic E-state index is 0.0851. The molecule has 0 aromatic heterocycles. The average molecular weight is 268 g/mol. The molecule has 1 aromatic carbocycles.